The zero-order valence-corrected chi connectivity index (χ0v) is 8.89. The van der Waals surface area contributed by atoms with Crippen LogP contribution in [0.4, 0.5) is 0 Å². The topological polar surface area (TPSA) is 0 Å². The largest absolute Gasteiger partial charge is 0.179 e. The average Bonchev–Trinajstić information content (AvgIpc) is 1.78. The van der Waals surface area contributed by atoms with Crippen LogP contribution >= 0.6 is 24.4 Å². The molecule has 0 unspecified atom stereocenters. The Bertz CT molecular complexity index is 73.8. The molecule has 10 heavy (non-hydrogen) atoms. The second-order valence-corrected chi connectivity index (χ2v) is 5.76. The quantitative estimate of drug-likeness (QED) is 0.509. The van der Waals surface area contributed by atoms with Crippen molar-refractivity contribution < 1.29 is 0 Å². The maximum atomic E-state index is 4.16. The molecule has 0 saturated heterocycles. The molecule has 0 saturated carbocycles. The summed E-state index contributed by atoms with van der Waals surface area (Å²) in [7, 11) is 0. The van der Waals surface area contributed by atoms with Gasteiger partial charge in [-0.2, -0.15) is 24.4 Å². The molecule has 0 rings (SSSR count). The Morgan fingerprint density at radius 3 is 2.20 bits per heavy atom. The number of hydrogen-bond donors (Lipinski definition) is 1. The van der Waals surface area contributed by atoms with Crippen molar-refractivity contribution >= 4 is 24.4 Å². The highest BCUT2D eigenvalue weighted by atomic mass is 32.2. The van der Waals surface area contributed by atoms with Gasteiger partial charge in [0.15, 0.2) is 0 Å². The molecule has 0 aliphatic carbocycles. The third kappa shape index (κ3) is 8.70. The van der Waals surface area contributed by atoms with Gasteiger partial charge in [-0.25, -0.2) is 0 Å². The molecular weight excluding hydrogens is 160 g/mol. The van der Waals surface area contributed by atoms with Gasteiger partial charge in [0.2, 0.25) is 0 Å². The number of thioether (sulfide) groups is 1. The zero-order chi connectivity index (χ0) is 8.04. The Hall–Kier alpha value is 0.700. The predicted octanol–water partition coefficient (Wildman–Crippen LogP) is 3.23. The molecule has 0 aromatic heterocycles. The van der Waals surface area contributed by atoms with Crippen LogP contribution in [0.2, 0.25) is 0 Å². The van der Waals surface area contributed by atoms with Crippen LogP contribution in [-0.4, -0.2) is 16.3 Å². The Balaban J connectivity index is 3.04. The summed E-state index contributed by atoms with van der Waals surface area (Å²) >= 11 is 6.20. The first-order valence-corrected chi connectivity index (χ1v) is 5.43. The highest BCUT2D eigenvalue weighted by Gasteiger charge is 2.08. The summed E-state index contributed by atoms with van der Waals surface area (Å²) < 4.78 is 0.441. The molecule has 0 aromatic carbocycles. The van der Waals surface area contributed by atoms with E-state index in [0.29, 0.717) is 4.75 Å². The van der Waals surface area contributed by atoms with E-state index in [1.165, 1.54) is 18.6 Å². The fraction of sp³-hybridized carbons (Fsp3) is 1.00. The van der Waals surface area contributed by atoms with E-state index in [2.05, 4.69) is 33.4 Å². The lowest BCUT2D eigenvalue weighted by atomic mass is 10.3. The van der Waals surface area contributed by atoms with E-state index in [0.717, 1.165) is 5.75 Å². The van der Waals surface area contributed by atoms with Gasteiger partial charge in [0.1, 0.15) is 0 Å². The van der Waals surface area contributed by atoms with Crippen molar-refractivity contribution in [1.29, 1.82) is 0 Å². The summed E-state index contributed by atoms with van der Waals surface area (Å²) in [6.45, 7) is 6.79. The number of unbranched alkanes of at least 4 members (excludes halogenated alkanes) is 1. The average molecular weight is 178 g/mol. The molecule has 0 aliphatic heterocycles. The van der Waals surface area contributed by atoms with Crippen molar-refractivity contribution in [2.75, 3.05) is 11.5 Å². The van der Waals surface area contributed by atoms with E-state index in [9.17, 15) is 0 Å². The monoisotopic (exact) mass is 178 g/mol. The summed E-state index contributed by atoms with van der Waals surface area (Å²) in [6.07, 6.45) is 2.57. The lowest BCUT2D eigenvalue weighted by Crippen LogP contribution is -2.08. The number of hydrogen-bond acceptors (Lipinski definition) is 2. The minimum Gasteiger partial charge on any atom is -0.179 e. The van der Waals surface area contributed by atoms with Gasteiger partial charge in [-0.15, -0.1) is 0 Å². The first kappa shape index (κ1) is 10.7. The Labute approximate surface area is 74.6 Å². The lowest BCUT2D eigenvalue weighted by Gasteiger charge is -2.16. The molecule has 0 radical (unpaired) electrons. The van der Waals surface area contributed by atoms with Crippen molar-refractivity contribution in [3.05, 3.63) is 0 Å². The Morgan fingerprint density at radius 2 is 1.80 bits per heavy atom. The Morgan fingerprint density at radius 1 is 1.20 bits per heavy atom. The van der Waals surface area contributed by atoms with Crippen molar-refractivity contribution in [2.45, 2.75) is 38.4 Å². The molecule has 0 atom stereocenters. The molecule has 0 fully saturated rings. The third-order valence-corrected chi connectivity index (χ3v) is 2.76. The normalized spacial score (nSPS) is 12.0. The molecule has 0 nitrogen and oxygen atoms in total. The molecule has 0 bridgehead atoms. The molecule has 0 aromatic rings. The standard InChI is InChI=1S/C8H18S2/c1-8(2,3)10-7-5-4-6-9/h9H,4-7H2,1-3H3. The van der Waals surface area contributed by atoms with Crippen molar-refractivity contribution in [3.8, 4) is 0 Å². The van der Waals surface area contributed by atoms with Crippen LogP contribution in [0.5, 0.6) is 0 Å². The summed E-state index contributed by atoms with van der Waals surface area (Å²) in [6, 6.07) is 0. The van der Waals surface area contributed by atoms with E-state index in [1.54, 1.807) is 0 Å². The minimum absolute atomic E-state index is 0.441. The van der Waals surface area contributed by atoms with Crippen LogP contribution in [0.15, 0.2) is 0 Å². The minimum atomic E-state index is 0.441. The summed E-state index contributed by atoms with van der Waals surface area (Å²) in [5.41, 5.74) is 0. The van der Waals surface area contributed by atoms with E-state index in [1.807, 2.05) is 11.8 Å². The molecule has 2 heteroatoms. The highest BCUT2D eigenvalue weighted by Crippen LogP contribution is 2.23. The van der Waals surface area contributed by atoms with Gasteiger partial charge in [0.25, 0.3) is 0 Å². The van der Waals surface area contributed by atoms with Gasteiger partial charge < -0.3 is 0 Å². The van der Waals surface area contributed by atoms with Crippen molar-refractivity contribution in [2.24, 2.45) is 0 Å². The summed E-state index contributed by atoms with van der Waals surface area (Å²) in [5.74, 6) is 2.31. The van der Waals surface area contributed by atoms with Crippen LogP contribution < -0.4 is 0 Å². The SMILES string of the molecule is CC(C)(C)SCCCCS. The van der Waals surface area contributed by atoms with Gasteiger partial charge >= 0.3 is 0 Å². The van der Waals surface area contributed by atoms with Crippen LogP contribution in [-0.2, 0) is 0 Å². The second-order valence-electron chi connectivity index (χ2n) is 3.39. The lowest BCUT2D eigenvalue weighted by molar-refractivity contribution is 0.795. The van der Waals surface area contributed by atoms with Crippen LogP contribution in [0.1, 0.15) is 33.6 Å². The smallest absolute Gasteiger partial charge is 0.00750 e. The first-order valence-electron chi connectivity index (χ1n) is 3.81. The molecular formula is C8H18S2. The van der Waals surface area contributed by atoms with E-state index < -0.39 is 0 Å². The molecule has 62 valence electrons. The van der Waals surface area contributed by atoms with Crippen LogP contribution in [0.25, 0.3) is 0 Å². The number of rotatable bonds is 4. The Kier molecular flexibility index (Phi) is 5.74. The van der Waals surface area contributed by atoms with Crippen LogP contribution in [0, 0.1) is 0 Å². The highest BCUT2D eigenvalue weighted by molar-refractivity contribution is 8.00. The van der Waals surface area contributed by atoms with Gasteiger partial charge in [-0.3, -0.25) is 0 Å². The summed E-state index contributed by atoms with van der Waals surface area (Å²) in [5, 5.41) is 0. The molecule has 0 spiro atoms. The molecule has 0 amide bonds. The summed E-state index contributed by atoms with van der Waals surface area (Å²) in [4.78, 5) is 0. The first-order chi connectivity index (χ1) is 4.56. The third-order valence-electron chi connectivity index (χ3n) is 1.09. The maximum absolute atomic E-state index is 4.16. The maximum Gasteiger partial charge on any atom is 0.00750 e. The molecule has 0 aliphatic rings. The van der Waals surface area contributed by atoms with Gasteiger partial charge in [-0.05, 0) is 24.3 Å². The van der Waals surface area contributed by atoms with Crippen molar-refractivity contribution in [1.82, 2.24) is 0 Å². The zero-order valence-electron chi connectivity index (χ0n) is 7.18. The van der Waals surface area contributed by atoms with Gasteiger partial charge in [0.05, 0.1) is 0 Å². The van der Waals surface area contributed by atoms with E-state index >= 15 is 0 Å². The fourth-order valence-corrected chi connectivity index (χ4v) is 1.78. The predicted molar refractivity (Wildman–Crippen MR) is 55.3 cm³/mol. The van der Waals surface area contributed by atoms with Crippen molar-refractivity contribution in [3.63, 3.8) is 0 Å². The van der Waals surface area contributed by atoms with Gasteiger partial charge in [0, 0.05) is 4.75 Å². The number of thiol groups is 1. The van der Waals surface area contributed by atoms with Gasteiger partial charge in [-0.1, -0.05) is 20.8 Å². The molecule has 0 heterocycles. The van der Waals surface area contributed by atoms with E-state index in [4.69, 9.17) is 0 Å². The van der Waals surface area contributed by atoms with Crippen LogP contribution in [0.3, 0.4) is 0 Å². The molecule has 0 N–H and O–H groups in total. The van der Waals surface area contributed by atoms with E-state index in [-0.39, 0.29) is 0 Å². The second kappa shape index (κ2) is 5.36. The fourth-order valence-electron chi connectivity index (χ4n) is 0.592.